The highest BCUT2D eigenvalue weighted by Crippen LogP contribution is 2.10. The normalized spacial score (nSPS) is 10.2. The monoisotopic (exact) mass is 249 g/mol. The van der Waals surface area contributed by atoms with Crippen molar-refractivity contribution in [3.63, 3.8) is 0 Å². The fourth-order valence-electron chi connectivity index (χ4n) is 1.95. The maximum atomic E-state index is 7.00. The second-order valence-electron chi connectivity index (χ2n) is 4.85. The molecule has 0 aromatic heterocycles. The first-order valence-corrected chi connectivity index (χ1v) is 6.96. The fourth-order valence-corrected chi connectivity index (χ4v) is 1.95. The van der Waals surface area contributed by atoms with E-state index in [4.69, 9.17) is 5.11 Å². The third kappa shape index (κ3) is 13.8. The minimum absolute atomic E-state index is 0. The first-order valence-electron chi connectivity index (χ1n) is 6.96. The van der Waals surface area contributed by atoms with E-state index in [1.807, 2.05) is 0 Å². The summed E-state index contributed by atoms with van der Waals surface area (Å²) in [5.74, 6) is 0. The summed E-state index contributed by atoms with van der Waals surface area (Å²) in [6.07, 6.45) is 8.20. The van der Waals surface area contributed by atoms with Gasteiger partial charge >= 0.3 is 0 Å². The van der Waals surface area contributed by atoms with Gasteiger partial charge in [-0.25, -0.2) is 0 Å². The van der Waals surface area contributed by atoms with Crippen molar-refractivity contribution in [1.82, 2.24) is 0 Å². The molecule has 0 bridgehead atoms. The van der Waals surface area contributed by atoms with Gasteiger partial charge in [-0.1, -0.05) is 40.0 Å². The summed E-state index contributed by atoms with van der Waals surface area (Å²) in [6.45, 7) is 11.0. The molecule has 0 atom stereocenters. The van der Waals surface area contributed by atoms with Gasteiger partial charge in [0.05, 0.1) is 26.7 Å². The highest BCUT2D eigenvalue weighted by Gasteiger charge is 2.18. The molecule has 0 amide bonds. The molecule has 0 rings (SSSR count). The van der Waals surface area contributed by atoms with E-state index in [2.05, 4.69) is 27.8 Å². The lowest BCUT2D eigenvalue weighted by atomic mass is 10.2. The van der Waals surface area contributed by atoms with Crippen molar-refractivity contribution in [2.24, 2.45) is 0 Å². The molecule has 0 aromatic carbocycles. The summed E-state index contributed by atoms with van der Waals surface area (Å²) >= 11 is 0. The van der Waals surface area contributed by atoms with E-state index in [-0.39, 0.29) is 5.48 Å². The summed E-state index contributed by atoms with van der Waals surface area (Å²) < 4.78 is 1.32. The molecule has 0 aliphatic rings. The largest absolute Gasteiger partial charge is 0.870 e. The Hall–Kier alpha value is -0.120. The van der Waals surface area contributed by atoms with Gasteiger partial charge < -0.3 is 15.1 Å². The van der Waals surface area contributed by atoms with Crippen molar-refractivity contribution < 1.29 is 15.1 Å². The number of hydrogen-bond donors (Lipinski definition) is 1. The number of aliphatic hydroxyl groups excluding tert-OH is 1. The lowest BCUT2D eigenvalue weighted by Crippen LogP contribution is -2.46. The summed E-state index contributed by atoms with van der Waals surface area (Å²) in [7, 11) is 3.45. The first kappa shape index (κ1) is 22.1. The molecule has 0 aromatic rings. The van der Waals surface area contributed by atoms with E-state index in [1.165, 1.54) is 62.6 Å². The van der Waals surface area contributed by atoms with Crippen LogP contribution in [-0.4, -0.2) is 48.9 Å². The van der Waals surface area contributed by atoms with E-state index in [1.54, 1.807) is 0 Å². The highest BCUT2D eigenvalue weighted by molar-refractivity contribution is 4.43. The maximum Gasteiger partial charge on any atom is 0.0784 e. The van der Waals surface area contributed by atoms with Crippen molar-refractivity contribution in [2.45, 2.75) is 59.3 Å². The van der Waals surface area contributed by atoms with Crippen molar-refractivity contribution in [3.05, 3.63) is 0 Å². The number of rotatable bonds is 9. The Morgan fingerprint density at radius 1 is 0.706 bits per heavy atom. The van der Waals surface area contributed by atoms with Crippen LogP contribution in [0.1, 0.15) is 59.3 Å². The molecule has 108 valence electrons. The fraction of sp³-hybridized carbons (Fsp3) is 1.00. The van der Waals surface area contributed by atoms with Gasteiger partial charge in [-0.15, -0.1) is 0 Å². The molecule has 0 aliphatic carbocycles. The Balaban J connectivity index is -0.000000616. The lowest BCUT2D eigenvalue weighted by molar-refractivity contribution is -0.910. The topological polar surface area (TPSA) is 50.2 Å². The summed E-state index contributed by atoms with van der Waals surface area (Å²) in [5, 5.41) is 7.00. The average Bonchev–Trinajstić information content (AvgIpc) is 2.34. The zero-order chi connectivity index (χ0) is 12.9. The van der Waals surface area contributed by atoms with Crippen LogP contribution < -0.4 is 0 Å². The van der Waals surface area contributed by atoms with Crippen LogP contribution in [0.3, 0.4) is 0 Å². The van der Waals surface area contributed by atoms with Crippen LogP contribution in [0, 0.1) is 0 Å². The third-order valence-corrected chi connectivity index (χ3v) is 3.15. The van der Waals surface area contributed by atoms with Gasteiger partial charge in [-0.3, -0.25) is 0 Å². The predicted molar refractivity (Wildman–Crippen MR) is 75.6 cm³/mol. The average molecular weight is 249 g/mol. The summed E-state index contributed by atoms with van der Waals surface area (Å²) in [5.41, 5.74) is 0. The van der Waals surface area contributed by atoms with Crippen LogP contribution in [0.5, 0.6) is 0 Å². The van der Waals surface area contributed by atoms with E-state index in [9.17, 15) is 0 Å². The van der Waals surface area contributed by atoms with Crippen LogP contribution in [-0.2, 0) is 0 Å². The molecular weight excluding hydrogens is 214 g/mol. The van der Waals surface area contributed by atoms with Crippen LogP contribution in [0.15, 0.2) is 0 Å². The van der Waals surface area contributed by atoms with Gasteiger partial charge in [0, 0.05) is 7.11 Å². The Morgan fingerprint density at radius 2 is 0.941 bits per heavy atom. The van der Waals surface area contributed by atoms with Crippen molar-refractivity contribution >= 4 is 0 Å². The summed E-state index contributed by atoms with van der Waals surface area (Å²) in [6, 6.07) is 0. The van der Waals surface area contributed by atoms with Gasteiger partial charge in [0.1, 0.15) is 0 Å². The van der Waals surface area contributed by atoms with Crippen LogP contribution in [0.2, 0.25) is 0 Å². The summed E-state index contributed by atoms with van der Waals surface area (Å²) in [4.78, 5) is 0. The SMILES string of the molecule is CCCC[N+](C)(CCCC)CCCC.CO.[OH-]. The number of aliphatic hydroxyl groups is 1. The molecule has 0 heterocycles. The van der Waals surface area contributed by atoms with Gasteiger partial charge in [-0.2, -0.15) is 0 Å². The van der Waals surface area contributed by atoms with Gasteiger partial charge in [0.2, 0.25) is 0 Å². The van der Waals surface area contributed by atoms with Crippen molar-refractivity contribution in [3.8, 4) is 0 Å². The Kier molecular flexibility index (Phi) is 20.6. The standard InChI is InChI=1S/C13H30N.CH4O.H2O/c1-5-8-11-14(4,12-9-6-2)13-10-7-3;1-2;/h5-13H2,1-4H3;2H,1H3;1H2/q+1;;/p-1. The molecule has 0 fully saturated rings. The van der Waals surface area contributed by atoms with E-state index < -0.39 is 0 Å². The van der Waals surface area contributed by atoms with E-state index in [0.717, 1.165) is 7.11 Å². The number of quaternary nitrogens is 1. The minimum atomic E-state index is 0. The van der Waals surface area contributed by atoms with E-state index >= 15 is 0 Å². The van der Waals surface area contributed by atoms with Gasteiger partial charge in [0.25, 0.3) is 0 Å². The number of unbranched alkanes of at least 4 members (excludes halogenated alkanes) is 3. The quantitative estimate of drug-likeness (QED) is 0.638. The minimum Gasteiger partial charge on any atom is -0.870 e. The molecule has 0 saturated heterocycles. The molecule has 0 aliphatic heterocycles. The zero-order valence-electron chi connectivity index (χ0n) is 12.7. The predicted octanol–water partition coefficient (Wildman–Crippen LogP) is 3.27. The van der Waals surface area contributed by atoms with Crippen LogP contribution in [0.4, 0.5) is 0 Å². The number of nitrogens with zero attached hydrogens (tertiary/aromatic N) is 1. The molecule has 0 saturated carbocycles. The second-order valence-corrected chi connectivity index (χ2v) is 4.85. The maximum absolute atomic E-state index is 7.00. The highest BCUT2D eigenvalue weighted by atomic mass is 16.2. The molecule has 0 radical (unpaired) electrons. The second kappa shape index (κ2) is 15.9. The molecule has 3 heteroatoms. The van der Waals surface area contributed by atoms with Crippen molar-refractivity contribution in [1.29, 1.82) is 0 Å². The first-order chi connectivity index (χ1) is 7.68. The smallest absolute Gasteiger partial charge is 0.0784 e. The number of hydrogen-bond acceptors (Lipinski definition) is 2. The van der Waals surface area contributed by atoms with Crippen molar-refractivity contribution in [2.75, 3.05) is 33.8 Å². The molecule has 0 spiro atoms. The molecule has 0 unspecified atom stereocenters. The third-order valence-electron chi connectivity index (χ3n) is 3.15. The molecule has 3 nitrogen and oxygen atoms in total. The Bertz CT molecular complexity index is 108. The lowest BCUT2D eigenvalue weighted by Gasteiger charge is -2.34. The zero-order valence-corrected chi connectivity index (χ0v) is 12.7. The van der Waals surface area contributed by atoms with Gasteiger partial charge in [0.15, 0.2) is 0 Å². The molecular formula is C14H35NO2. The van der Waals surface area contributed by atoms with E-state index in [0.29, 0.717) is 0 Å². The Labute approximate surface area is 109 Å². The van der Waals surface area contributed by atoms with Gasteiger partial charge in [-0.05, 0) is 19.3 Å². The molecule has 2 N–H and O–H groups in total. The molecule has 17 heavy (non-hydrogen) atoms. The van der Waals surface area contributed by atoms with Crippen LogP contribution >= 0.6 is 0 Å². The van der Waals surface area contributed by atoms with Crippen LogP contribution in [0.25, 0.3) is 0 Å². The Morgan fingerprint density at radius 3 is 1.12 bits per heavy atom.